The maximum atomic E-state index is 11.9. The Kier molecular flexibility index (Phi) is 9.50. The van der Waals surface area contributed by atoms with Crippen LogP contribution >= 0.6 is 0 Å². The number of esters is 1. The molecule has 1 heterocycles. The maximum absolute atomic E-state index is 11.9. The number of morpholine rings is 1. The van der Waals surface area contributed by atoms with Gasteiger partial charge in [0, 0.05) is 24.7 Å². The summed E-state index contributed by atoms with van der Waals surface area (Å²) in [6, 6.07) is 0. The number of carboxylic acid groups (broad SMARTS) is 1. The van der Waals surface area contributed by atoms with Gasteiger partial charge in [0.15, 0.2) is 0 Å². The van der Waals surface area contributed by atoms with Crippen molar-refractivity contribution in [2.24, 2.45) is 0 Å². The highest BCUT2D eigenvalue weighted by atomic mass is 16.5. The van der Waals surface area contributed by atoms with Gasteiger partial charge in [-0.05, 0) is 32.2 Å². The van der Waals surface area contributed by atoms with E-state index in [1.165, 1.54) is 0 Å². The lowest BCUT2D eigenvalue weighted by Crippen LogP contribution is -2.36. The van der Waals surface area contributed by atoms with Crippen LogP contribution in [0.25, 0.3) is 0 Å². The fourth-order valence-electron chi connectivity index (χ4n) is 2.26. The number of nitrogens with zero attached hydrogens (tertiary/aromatic N) is 1. The molecule has 0 saturated carbocycles. The fourth-order valence-corrected chi connectivity index (χ4v) is 2.26. The Morgan fingerprint density at radius 1 is 1.23 bits per heavy atom. The van der Waals surface area contributed by atoms with E-state index < -0.39 is 11.9 Å². The second-order valence-corrected chi connectivity index (χ2v) is 5.41. The first kappa shape index (κ1) is 18.6. The van der Waals surface area contributed by atoms with Gasteiger partial charge in [-0.3, -0.25) is 4.90 Å². The molecule has 0 amide bonds. The predicted octanol–water partition coefficient (Wildman–Crippen LogP) is 1.84. The average molecular weight is 313 g/mol. The number of aliphatic carboxylic acids is 1. The van der Waals surface area contributed by atoms with Crippen molar-refractivity contribution in [1.29, 1.82) is 0 Å². The van der Waals surface area contributed by atoms with E-state index in [1.54, 1.807) is 0 Å². The van der Waals surface area contributed by atoms with Crippen molar-refractivity contribution < 1.29 is 24.2 Å². The molecule has 1 rings (SSSR count). The van der Waals surface area contributed by atoms with Crippen molar-refractivity contribution in [1.82, 2.24) is 4.90 Å². The lowest BCUT2D eigenvalue weighted by Gasteiger charge is -2.26. The Morgan fingerprint density at radius 3 is 2.59 bits per heavy atom. The largest absolute Gasteiger partial charge is 0.478 e. The lowest BCUT2D eigenvalue weighted by atomic mass is 10.1. The van der Waals surface area contributed by atoms with E-state index in [-0.39, 0.29) is 5.57 Å². The Labute approximate surface area is 132 Å². The number of carbonyl (C=O) groups is 2. The SMILES string of the molecule is CCCCOC(=O)/C(=C/C(=O)O)CCCCN1CCOCC1. The van der Waals surface area contributed by atoms with Gasteiger partial charge in [0.2, 0.25) is 0 Å². The van der Waals surface area contributed by atoms with Gasteiger partial charge in [0.1, 0.15) is 0 Å². The summed E-state index contributed by atoms with van der Waals surface area (Å²) in [5.74, 6) is -1.60. The van der Waals surface area contributed by atoms with Crippen LogP contribution in [0.2, 0.25) is 0 Å². The molecule has 0 aromatic carbocycles. The zero-order valence-corrected chi connectivity index (χ0v) is 13.4. The van der Waals surface area contributed by atoms with Crippen molar-refractivity contribution in [2.75, 3.05) is 39.5 Å². The molecule has 0 aromatic rings. The lowest BCUT2D eigenvalue weighted by molar-refractivity contribution is -0.140. The average Bonchev–Trinajstić information content (AvgIpc) is 2.51. The number of rotatable bonds is 10. The van der Waals surface area contributed by atoms with Crippen LogP contribution in [0.15, 0.2) is 11.6 Å². The molecule has 126 valence electrons. The molecule has 1 saturated heterocycles. The normalized spacial score (nSPS) is 16.5. The second-order valence-electron chi connectivity index (χ2n) is 5.41. The Balaban J connectivity index is 2.31. The van der Waals surface area contributed by atoms with Gasteiger partial charge in [-0.2, -0.15) is 0 Å². The van der Waals surface area contributed by atoms with Crippen LogP contribution in [-0.2, 0) is 19.1 Å². The maximum Gasteiger partial charge on any atom is 0.334 e. The van der Waals surface area contributed by atoms with E-state index in [4.69, 9.17) is 14.6 Å². The number of carbonyl (C=O) groups excluding carboxylic acids is 1. The van der Waals surface area contributed by atoms with E-state index in [0.717, 1.165) is 64.6 Å². The van der Waals surface area contributed by atoms with E-state index in [9.17, 15) is 9.59 Å². The fraction of sp³-hybridized carbons (Fsp3) is 0.750. The molecule has 0 unspecified atom stereocenters. The molecule has 0 radical (unpaired) electrons. The number of unbranched alkanes of at least 4 members (excludes halogenated alkanes) is 2. The van der Waals surface area contributed by atoms with Gasteiger partial charge in [0.05, 0.1) is 19.8 Å². The van der Waals surface area contributed by atoms with Gasteiger partial charge in [-0.15, -0.1) is 0 Å². The van der Waals surface area contributed by atoms with Crippen molar-refractivity contribution >= 4 is 11.9 Å². The summed E-state index contributed by atoms with van der Waals surface area (Å²) in [6.07, 6.45) is 4.86. The molecule has 6 heteroatoms. The Hall–Kier alpha value is -1.40. The highest BCUT2D eigenvalue weighted by Gasteiger charge is 2.14. The summed E-state index contributed by atoms with van der Waals surface area (Å²) in [7, 11) is 0. The first-order valence-electron chi connectivity index (χ1n) is 8.04. The van der Waals surface area contributed by atoms with Gasteiger partial charge in [-0.1, -0.05) is 13.3 Å². The molecule has 1 aliphatic heterocycles. The minimum absolute atomic E-state index is 0.255. The molecule has 0 aromatic heterocycles. The third kappa shape index (κ3) is 8.14. The third-order valence-corrected chi connectivity index (χ3v) is 3.57. The second kappa shape index (κ2) is 11.2. The van der Waals surface area contributed by atoms with Gasteiger partial charge < -0.3 is 14.6 Å². The molecule has 0 atom stereocenters. The molecular formula is C16H27NO5. The van der Waals surface area contributed by atoms with Crippen LogP contribution in [0.4, 0.5) is 0 Å². The first-order chi connectivity index (χ1) is 10.6. The molecule has 6 nitrogen and oxygen atoms in total. The molecule has 0 aliphatic carbocycles. The first-order valence-corrected chi connectivity index (χ1v) is 8.04. The molecular weight excluding hydrogens is 286 g/mol. The monoisotopic (exact) mass is 313 g/mol. The molecule has 1 N–H and O–H groups in total. The van der Waals surface area contributed by atoms with Crippen molar-refractivity contribution in [2.45, 2.75) is 39.0 Å². The highest BCUT2D eigenvalue weighted by molar-refractivity contribution is 5.95. The van der Waals surface area contributed by atoms with Crippen LogP contribution < -0.4 is 0 Å². The van der Waals surface area contributed by atoms with E-state index in [2.05, 4.69) is 4.90 Å². The third-order valence-electron chi connectivity index (χ3n) is 3.57. The van der Waals surface area contributed by atoms with Crippen molar-refractivity contribution in [3.05, 3.63) is 11.6 Å². The van der Waals surface area contributed by atoms with Crippen LogP contribution in [0.3, 0.4) is 0 Å². The van der Waals surface area contributed by atoms with E-state index in [1.807, 2.05) is 6.92 Å². The summed E-state index contributed by atoms with van der Waals surface area (Å²) < 4.78 is 10.4. The summed E-state index contributed by atoms with van der Waals surface area (Å²) >= 11 is 0. The zero-order valence-electron chi connectivity index (χ0n) is 13.4. The predicted molar refractivity (Wildman–Crippen MR) is 82.7 cm³/mol. The topological polar surface area (TPSA) is 76.1 Å². The summed E-state index contributed by atoms with van der Waals surface area (Å²) in [4.78, 5) is 25.0. The quantitative estimate of drug-likeness (QED) is 0.377. The summed E-state index contributed by atoms with van der Waals surface area (Å²) in [5, 5.41) is 8.86. The molecule has 22 heavy (non-hydrogen) atoms. The minimum Gasteiger partial charge on any atom is -0.478 e. The minimum atomic E-state index is -1.10. The van der Waals surface area contributed by atoms with Gasteiger partial charge >= 0.3 is 11.9 Å². The molecule has 0 bridgehead atoms. The van der Waals surface area contributed by atoms with Crippen LogP contribution in [0.1, 0.15) is 39.0 Å². The van der Waals surface area contributed by atoms with Crippen molar-refractivity contribution in [3.63, 3.8) is 0 Å². The van der Waals surface area contributed by atoms with E-state index >= 15 is 0 Å². The van der Waals surface area contributed by atoms with Gasteiger partial charge in [-0.25, -0.2) is 9.59 Å². The van der Waals surface area contributed by atoms with Gasteiger partial charge in [0.25, 0.3) is 0 Å². The number of hydrogen-bond acceptors (Lipinski definition) is 5. The van der Waals surface area contributed by atoms with Crippen LogP contribution in [-0.4, -0.2) is 61.4 Å². The molecule has 1 aliphatic rings. The number of hydrogen-bond donors (Lipinski definition) is 1. The number of ether oxygens (including phenoxy) is 2. The van der Waals surface area contributed by atoms with Crippen LogP contribution in [0, 0.1) is 0 Å². The van der Waals surface area contributed by atoms with E-state index in [0.29, 0.717) is 13.0 Å². The Bertz CT molecular complexity index is 375. The molecule has 0 spiro atoms. The standard InChI is InChI=1S/C16H27NO5/c1-2-3-10-22-16(20)14(13-15(18)19)6-4-5-7-17-8-11-21-12-9-17/h13H,2-12H2,1H3,(H,18,19)/b14-13+. The van der Waals surface area contributed by atoms with Crippen molar-refractivity contribution in [3.8, 4) is 0 Å². The smallest absolute Gasteiger partial charge is 0.334 e. The number of carboxylic acids is 1. The molecule has 1 fully saturated rings. The Morgan fingerprint density at radius 2 is 1.95 bits per heavy atom. The zero-order chi connectivity index (χ0) is 16.2. The summed E-state index contributed by atoms with van der Waals surface area (Å²) in [5.41, 5.74) is 0.255. The van der Waals surface area contributed by atoms with Crippen LogP contribution in [0.5, 0.6) is 0 Å². The summed E-state index contributed by atoms with van der Waals surface area (Å²) in [6.45, 7) is 6.73. The highest BCUT2D eigenvalue weighted by Crippen LogP contribution is 2.11.